The highest BCUT2D eigenvalue weighted by Gasteiger charge is 2.26. The summed E-state index contributed by atoms with van der Waals surface area (Å²) < 4.78 is 0. The van der Waals surface area contributed by atoms with Crippen molar-refractivity contribution in [2.75, 3.05) is 30.5 Å². The van der Waals surface area contributed by atoms with Crippen LogP contribution in [0.3, 0.4) is 0 Å². The molecule has 1 aromatic carbocycles. The van der Waals surface area contributed by atoms with Crippen LogP contribution in [-0.2, 0) is 9.59 Å². The number of amides is 2. The molecule has 0 radical (unpaired) electrons. The number of thioether (sulfide) groups is 1. The average Bonchev–Trinajstić information content (AvgIpc) is 2.96. The summed E-state index contributed by atoms with van der Waals surface area (Å²) in [5.41, 5.74) is 2.87. The van der Waals surface area contributed by atoms with E-state index in [1.165, 1.54) is 4.90 Å². The number of carbonyl (C=O) groups is 2. The lowest BCUT2D eigenvalue weighted by atomic mass is 10.1. The lowest BCUT2D eigenvalue weighted by molar-refractivity contribution is -0.134. The molecule has 1 fully saturated rings. The normalized spacial score (nSPS) is 17.6. The van der Waals surface area contributed by atoms with Crippen molar-refractivity contribution in [2.45, 2.75) is 19.9 Å². The molecule has 0 bridgehead atoms. The minimum Gasteiger partial charge on any atom is -0.335 e. The van der Waals surface area contributed by atoms with Crippen LogP contribution in [0, 0.1) is 13.8 Å². The molecule has 2 N–H and O–H groups in total. The molecular formula is C15H21N3O2S. The van der Waals surface area contributed by atoms with Crippen molar-refractivity contribution in [1.29, 1.82) is 0 Å². The van der Waals surface area contributed by atoms with Gasteiger partial charge in [0.05, 0.1) is 12.6 Å². The maximum Gasteiger partial charge on any atom is 0.243 e. The number of carbonyl (C=O) groups excluding carboxylic acids is 2. The zero-order valence-electron chi connectivity index (χ0n) is 12.6. The van der Waals surface area contributed by atoms with E-state index >= 15 is 0 Å². The second-order valence-electron chi connectivity index (χ2n) is 5.28. The Hall–Kier alpha value is -1.53. The first-order valence-electron chi connectivity index (χ1n) is 6.91. The number of rotatable bonds is 4. The minimum absolute atomic E-state index is 0.0309. The van der Waals surface area contributed by atoms with Crippen molar-refractivity contribution in [3.05, 3.63) is 29.3 Å². The molecule has 1 aromatic rings. The maximum absolute atomic E-state index is 12.1. The van der Waals surface area contributed by atoms with Crippen LogP contribution >= 0.6 is 11.8 Å². The Morgan fingerprint density at radius 3 is 2.62 bits per heavy atom. The van der Waals surface area contributed by atoms with Crippen LogP contribution in [-0.4, -0.2) is 48.0 Å². The van der Waals surface area contributed by atoms with E-state index in [0.717, 1.165) is 28.4 Å². The van der Waals surface area contributed by atoms with Gasteiger partial charge in [-0.05, 0) is 25.0 Å². The van der Waals surface area contributed by atoms with Crippen molar-refractivity contribution in [1.82, 2.24) is 10.2 Å². The van der Waals surface area contributed by atoms with Crippen LogP contribution in [0.15, 0.2) is 18.2 Å². The molecule has 1 atom stereocenters. The highest BCUT2D eigenvalue weighted by atomic mass is 32.2. The lowest BCUT2D eigenvalue weighted by Crippen LogP contribution is -2.45. The zero-order valence-corrected chi connectivity index (χ0v) is 13.4. The first kappa shape index (κ1) is 15.9. The smallest absolute Gasteiger partial charge is 0.243 e. The summed E-state index contributed by atoms with van der Waals surface area (Å²) in [6, 6.07) is 5.70. The van der Waals surface area contributed by atoms with Crippen LogP contribution in [0.5, 0.6) is 0 Å². The summed E-state index contributed by atoms with van der Waals surface area (Å²) in [6.45, 7) is 3.98. The molecule has 0 aliphatic carbocycles. The Morgan fingerprint density at radius 2 is 2.05 bits per heavy atom. The molecule has 0 aromatic heterocycles. The number of hydrogen-bond acceptors (Lipinski definition) is 4. The third-order valence-electron chi connectivity index (χ3n) is 3.52. The van der Waals surface area contributed by atoms with E-state index in [4.69, 9.17) is 0 Å². The fourth-order valence-electron chi connectivity index (χ4n) is 2.30. The first-order valence-corrected chi connectivity index (χ1v) is 8.06. The van der Waals surface area contributed by atoms with Gasteiger partial charge in [0.15, 0.2) is 0 Å². The number of nitrogens with zero attached hydrogens (tertiary/aromatic N) is 1. The highest BCUT2D eigenvalue weighted by molar-refractivity contribution is 7.99. The van der Waals surface area contributed by atoms with Gasteiger partial charge < -0.3 is 10.2 Å². The van der Waals surface area contributed by atoms with E-state index in [-0.39, 0.29) is 24.4 Å². The van der Waals surface area contributed by atoms with Gasteiger partial charge in [-0.1, -0.05) is 18.2 Å². The molecule has 1 aliphatic rings. The van der Waals surface area contributed by atoms with Gasteiger partial charge in [-0.15, -0.1) is 11.8 Å². The van der Waals surface area contributed by atoms with Gasteiger partial charge in [0.2, 0.25) is 11.8 Å². The summed E-state index contributed by atoms with van der Waals surface area (Å²) in [5.74, 6) is 1.35. The molecular weight excluding hydrogens is 286 g/mol. The van der Waals surface area contributed by atoms with Crippen LogP contribution in [0.1, 0.15) is 11.1 Å². The van der Waals surface area contributed by atoms with E-state index in [1.54, 1.807) is 18.8 Å². The number of likely N-dealkylation sites (N-methyl/N-ethyl adjacent to an activating group) is 1. The second-order valence-corrected chi connectivity index (χ2v) is 6.31. The summed E-state index contributed by atoms with van der Waals surface area (Å²) >= 11 is 1.69. The number of nitrogens with one attached hydrogen (secondary N) is 2. The fourth-order valence-corrected chi connectivity index (χ4v) is 3.24. The van der Waals surface area contributed by atoms with E-state index in [0.29, 0.717) is 0 Å². The van der Waals surface area contributed by atoms with Gasteiger partial charge in [0.25, 0.3) is 0 Å². The van der Waals surface area contributed by atoms with E-state index in [9.17, 15) is 9.59 Å². The van der Waals surface area contributed by atoms with Gasteiger partial charge in [-0.2, -0.15) is 0 Å². The molecule has 1 heterocycles. The molecule has 5 nitrogen and oxygen atoms in total. The minimum atomic E-state index is -0.173. The number of aryl methyl sites for hydroxylation is 2. The number of anilines is 1. The molecule has 21 heavy (non-hydrogen) atoms. The van der Waals surface area contributed by atoms with Crippen molar-refractivity contribution >= 4 is 29.3 Å². The molecule has 0 saturated carbocycles. The van der Waals surface area contributed by atoms with Gasteiger partial charge in [0, 0.05) is 24.4 Å². The Balaban J connectivity index is 1.93. The quantitative estimate of drug-likeness (QED) is 0.882. The number of hydrogen-bond donors (Lipinski definition) is 2. The highest BCUT2D eigenvalue weighted by Crippen LogP contribution is 2.19. The van der Waals surface area contributed by atoms with Crippen LogP contribution in [0.2, 0.25) is 0 Å². The van der Waals surface area contributed by atoms with E-state index in [2.05, 4.69) is 10.6 Å². The third-order valence-corrected chi connectivity index (χ3v) is 4.46. The Bertz CT molecular complexity index is 521. The fraction of sp³-hybridized carbons (Fsp3) is 0.467. The second kappa shape index (κ2) is 6.95. The largest absolute Gasteiger partial charge is 0.335 e. The summed E-state index contributed by atoms with van der Waals surface area (Å²) in [5, 5.41) is 6.01. The lowest BCUT2D eigenvalue weighted by Gasteiger charge is -2.21. The van der Waals surface area contributed by atoms with Crippen molar-refractivity contribution < 1.29 is 9.59 Å². The summed E-state index contributed by atoms with van der Waals surface area (Å²) in [6.07, 6.45) is 0. The predicted octanol–water partition coefficient (Wildman–Crippen LogP) is 1.36. The Morgan fingerprint density at radius 1 is 1.38 bits per heavy atom. The number of benzene rings is 1. The summed E-state index contributed by atoms with van der Waals surface area (Å²) in [4.78, 5) is 25.7. The van der Waals surface area contributed by atoms with Gasteiger partial charge >= 0.3 is 0 Å². The van der Waals surface area contributed by atoms with Gasteiger partial charge in [-0.25, -0.2) is 0 Å². The summed E-state index contributed by atoms with van der Waals surface area (Å²) in [7, 11) is 1.66. The molecule has 1 aliphatic heterocycles. The van der Waals surface area contributed by atoms with Crippen molar-refractivity contribution in [2.24, 2.45) is 0 Å². The monoisotopic (exact) mass is 307 g/mol. The Labute approximate surface area is 129 Å². The maximum atomic E-state index is 12.1. The third kappa shape index (κ3) is 3.98. The van der Waals surface area contributed by atoms with Crippen LogP contribution in [0.25, 0.3) is 0 Å². The van der Waals surface area contributed by atoms with E-state index in [1.807, 2.05) is 32.0 Å². The Kier molecular flexibility index (Phi) is 5.25. The predicted molar refractivity (Wildman–Crippen MR) is 86.4 cm³/mol. The van der Waals surface area contributed by atoms with Crippen molar-refractivity contribution in [3.63, 3.8) is 0 Å². The molecule has 2 amide bonds. The molecule has 6 heteroatoms. The molecule has 114 valence electrons. The molecule has 2 rings (SSSR count). The molecule has 1 saturated heterocycles. The topological polar surface area (TPSA) is 61.4 Å². The standard InChI is InChI=1S/C15H21N3O2S/c1-10-5-4-6-11(2)14(10)17-13(19)7-18(3)15(20)12-8-21-9-16-12/h4-6,12,16H,7-9H2,1-3H3,(H,17,19). The van der Waals surface area contributed by atoms with Crippen molar-refractivity contribution in [3.8, 4) is 0 Å². The zero-order chi connectivity index (χ0) is 15.4. The molecule has 0 spiro atoms. The van der Waals surface area contributed by atoms with E-state index < -0.39 is 0 Å². The first-order chi connectivity index (χ1) is 9.99. The average molecular weight is 307 g/mol. The van der Waals surface area contributed by atoms with Gasteiger partial charge in [-0.3, -0.25) is 14.9 Å². The van der Waals surface area contributed by atoms with Crippen LogP contribution in [0.4, 0.5) is 5.69 Å². The number of para-hydroxylation sites is 1. The van der Waals surface area contributed by atoms with Gasteiger partial charge in [0.1, 0.15) is 0 Å². The molecule has 1 unspecified atom stereocenters. The SMILES string of the molecule is Cc1cccc(C)c1NC(=O)CN(C)C(=O)C1CSCN1. The van der Waals surface area contributed by atoms with Crippen LogP contribution < -0.4 is 10.6 Å².